The van der Waals surface area contributed by atoms with Crippen LogP contribution in [0.3, 0.4) is 0 Å². The first-order valence-electron chi connectivity index (χ1n) is 8.02. The van der Waals surface area contributed by atoms with Gasteiger partial charge in [-0.1, -0.05) is 0 Å². The highest BCUT2D eigenvalue weighted by atomic mass is 32.2. The molecule has 3 saturated heterocycles. The number of aliphatic hydroxyl groups is 1. The van der Waals surface area contributed by atoms with Crippen LogP contribution in [0.2, 0.25) is 0 Å². The average Bonchev–Trinajstić information content (AvgIpc) is 3.06. The third-order valence-corrected chi connectivity index (χ3v) is 8.10. The zero-order valence-corrected chi connectivity index (χ0v) is 13.3. The van der Waals surface area contributed by atoms with E-state index in [0.29, 0.717) is 24.4 Å². The fourth-order valence-corrected chi connectivity index (χ4v) is 6.61. The summed E-state index contributed by atoms with van der Waals surface area (Å²) in [7, 11) is -3.04. The van der Waals surface area contributed by atoms with Crippen LogP contribution in [-0.2, 0) is 15.4 Å². The second-order valence-electron chi connectivity index (χ2n) is 6.82. The van der Waals surface area contributed by atoms with E-state index in [-0.39, 0.29) is 12.8 Å². The summed E-state index contributed by atoms with van der Waals surface area (Å²) in [5.74, 6) is 0.705. The largest absolute Gasteiger partial charge is 0.385 e. The van der Waals surface area contributed by atoms with Gasteiger partial charge in [-0.25, -0.2) is 18.4 Å². The fourth-order valence-electron chi connectivity index (χ4n) is 4.12. The van der Waals surface area contributed by atoms with Crippen LogP contribution in [0, 0.1) is 0 Å². The van der Waals surface area contributed by atoms with E-state index in [2.05, 4.69) is 14.9 Å². The molecule has 4 heterocycles. The first-order chi connectivity index (χ1) is 10.5. The Bertz CT molecular complexity index is 648. The van der Waals surface area contributed by atoms with Crippen molar-refractivity contribution < 1.29 is 13.5 Å². The second kappa shape index (κ2) is 4.89. The fraction of sp³-hybridized carbons (Fsp3) is 0.733. The summed E-state index contributed by atoms with van der Waals surface area (Å²) in [5, 5.41) is 10.1. The third-order valence-electron chi connectivity index (χ3n) is 5.44. The first kappa shape index (κ1) is 14.4. The van der Waals surface area contributed by atoms with Gasteiger partial charge in [0.05, 0.1) is 16.1 Å². The lowest BCUT2D eigenvalue weighted by atomic mass is 9.88. The van der Waals surface area contributed by atoms with Crippen molar-refractivity contribution in [2.24, 2.45) is 0 Å². The van der Waals surface area contributed by atoms with Crippen molar-refractivity contribution in [1.29, 1.82) is 0 Å². The van der Waals surface area contributed by atoms with E-state index in [1.54, 1.807) is 12.4 Å². The van der Waals surface area contributed by atoms with E-state index in [1.807, 2.05) is 0 Å². The Hall–Kier alpha value is -1.21. The Morgan fingerprint density at radius 3 is 2.18 bits per heavy atom. The Labute approximate surface area is 130 Å². The van der Waals surface area contributed by atoms with E-state index in [1.165, 1.54) is 0 Å². The Balaban J connectivity index is 1.59. The molecule has 0 saturated carbocycles. The number of hydrogen-bond acceptors (Lipinski definition) is 6. The highest BCUT2D eigenvalue weighted by molar-refractivity contribution is 7.93. The van der Waals surface area contributed by atoms with E-state index in [0.717, 1.165) is 25.9 Å². The minimum absolute atomic E-state index is 0.276. The third kappa shape index (κ3) is 2.13. The number of sulfone groups is 1. The highest BCUT2D eigenvalue weighted by Gasteiger charge is 2.53. The van der Waals surface area contributed by atoms with Crippen LogP contribution in [0.5, 0.6) is 0 Å². The van der Waals surface area contributed by atoms with E-state index < -0.39 is 25.9 Å². The summed E-state index contributed by atoms with van der Waals surface area (Å²) < 4.78 is 24.3. The average molecular weight is 323 g/mol. The molecule has 2 bridgehead atoms. The smallest absolute Gasteiger partial charge is 0.225 e. The van der Waals surface area contributed by atoms with E-state index in [9.17, 15) is 13.5 Å². The standard InChI is InChI=1S/C15H21N3O3S/c19-15(7-12-3-4-13(8-15)22(12,20)21)11-9-16-14(17-10-11)18-5-1-2-6-18/h9-10,12-13,19H,1-8H2. The number of nitrogens with zero attached hydrogens (tertiary/aromatic N) is 3. The van der Waals surface area contributed by atoms with Gasteiger partial charge in [0.1, 0.15) is 0 Å². The molecule has 0 amide bonds. The molecular formula is C15H21N3O3S. The molecule has 6 nitrogen and oxygen atoms in total. The topological polar surface area (TPSA) is 83.4 Å². The summed E-state index contributed by atoms with van der Waals surface area (Å²) in [5.41, 5.74) is -0.442. The molecule has 3 fully saturated rings. The Morgan fingerprint density at radius 2 is 1.64 bits per heavy atom. The second-order valence-corrected chi connectivity index (χ2v) is 9.33. The summed E-state index contributed by atoms with van der Waals surface area (Å²) in [6, 6.07) is 0. The van der Waals surface area contributed by atoms with Crippen molar-refractivity contribution in [1.82, 2.24) is 9.97 Å². The molecule has 22 heavy (non-hydrogen) atoms. The van der Waals surface area contributed by atoms with Crippen LogP contribution < -0.4 is 4.90 Å². The molecule has 0 radical (unpaired) electrons. The van der Waals surface area contributed by atoms with Gasteiger partial charge in [-0.05, 0) is 38.5 Å². The maximum atomic E-state index is 12.2. The number of hydrogen-bond donors (Lipinski definition) is 1. The van der Waals surface area contributed by atoms with Gasteiger partial charge >= 0.3 is 0 Å². The predicted molar refractivity (Wildman–Crippen MR) is 82.3 cm³/mol. The molecular weight excluding hydrogens is 302 g/mol. The first-order valence-corrected chi connectivity index (χ1v) is 9.62. The normalized spacial score (nSPS) is 36.7. The van der Waals surface area contributed by atoms with Gasteiger partial charge in [0.2, 0.25) is 5.95 Å². The summed E-state index contributed by atoms with van der Waals surface area (Å²) in [4.78, 5) is 10.9. The molecule has 3 aliphatic rings. The molecule has 2 unspecified atom stereocenters. The summed E-state index contributed by atoms with van der Waals surface area (Å²) >= 11 is 0. The molecule has 120 valence electrons. The van der Waals surface area contributed by atoms with Gasteiger partial charge in [0, 0.05) is 31.0 Å². The maximum absolute atomic E-state index is 12.2. The molecule has 0 aliphatic carbocycles. The lowest BCUT2D eigenvalue weighted by molar-refractivity contribution is 0.0167. The number of anilines is 1. The molecule has 0 aromatic carbocycles. The van der Waals surface area contributed by atoms with Crippen LogP contribution in [0.15, 0.2) is 12.4 Å². The lowest BCUT2D eigenvalue weighted by Gasteiger charge is -2.36. The SMILES string of the molecule is O=S1(=O)C2CCC1CC(O)(c1cnc(N3CCCC3)nc1)C2. The van der Waals surface area contributed by atoms with Crippen molar-refractivity contribution in [3.63, 3.8) is 0 Å². The zero-order chi connectivity index (χ0) is 15.4. The van der Waals surface area contributed by atoms with Crippen molar-refractivity contribution in [2.45, 2.75) is 54.6 Å². The number of fused-ring (bicyclic) bond motifs is 2. The predicted octanol–water partition coefficient (Wildman–Crippen LogP) is 1.00. The molecule has 2 atom stereocenters. The summed E-state index contributed by atoms with van der Waals surface area (Å²) in [6.07, 6.45) is 7.57. The Morgan fingerprint density at radius 1 is 1.09 bits per heavy atom. The van der Waals surface area contributed by atoms with Crippen molar-refractivity contribution in [2.75, 3.05) is 18.0 Å². The van der Waals surface area contributed by atoms with Crippen LogP contribution in [0.1, 0.15) is 44.1 Å². The molecule has 4 rings (SSSR count). The molecule has 7 heteroatoms. The minimum atomic E-state index is -3.04. The van der Waals surface area contributed by atoms with Crippen LogP contribution in [0.4, 0.5) is 5.95 Å². The van der Waals surface area contributed by atoms with Gasteiger partial charge in [0.25, 0.3) is 0 Å². The quantitative estimate of drug-likeness (QED) is 0.874. The van der Waals surface area contributed by atoms with E-state index >= 15 is 0 Å². The van der Waals surface area contributed by atoms with Gasteiger partial charge in [-0.2, -0.15) is 0 Å². The Kier molecular flexibility index (Phi) is 3.20. The monoisotopic (exact) mass is 323 g/mol. The lowest BCUT2D eigenvalue weighted by Crippen LogP contribution is -2.43. The number of rotatable bonds is 2. The molecule has 1 aromatic heterocycles. The maximum Gasteiger partial charge on any atom is 0.225 e. The van der Waals surface area contributed by atoms with Gasteiger partial charge in [0.15, 0.2) is 9.84 Å². The molecule has 3 aliphatic heterocycles. The molecule has 0 spiro atoms. The van der Waals surface area contributed by atoms with Crippen LogP contribution >= 0.6 is 0 Å². The summed E-state index contributed by atoms with van der Waals surface area (Å²) in [6.45, 7) is 1.96. The van der Waals surface area contributed by atoms with Crippen molar-refractivity contribution in [3.05, 3.63) is 18.0 Å². The van der Waals surface area contributed by atoms with Crippen molar-refractivity contribution >= 4 is 15.8 Å². The van der Waals surface area contributed by atoms with Crippen LogP contribution in [-0.4, -0.2) is 47.1 Å². The zero-order valence-electron chi connectivity index (χ0n) is 12.5. The minimum Gasteiger partial charge on any atom is -0.385 e. The molecule has 1 aromatic rings. The van der Waals surface area contributed by atoms with E-state index in [4.69, 9.17) is 0 Å². The van der Waals surface area contributed by atoms with Gasteiger partial charge < -0.3 is 10.0 Å². The molecule has 1 N–H and O–H groups in total. The van der Waals surface area contributed by atoms with Gasteiger partial charge in [-0.3, -0.25) is 0 Å². The van der Waals surface area contributed by atoms with Crippen molar-refractivity contribution in [3.8, 4) is 0 Å². The number of aromatic nitrogens is 2. The van der Waals surface area contributed by atoms with Gasteiger partial charge in [-0.15, -0.1) is 0 Å². The highest BCUT2D eigenvalue weighted by Crippen LogP contribution is 2.47. The van der Waals surface area contributed by atoms with Crippen LogP contribution in [0.25, 0.3) is 0 Å².